The number of aromatic nitrogens is 1. The van der Waals surface area contributed by atoms with Crippen LogP contribution in [0.25, 0.3) is 0 Å². The molecule has 0 saturated heterocycles. The summed E-state index contributed by atoms with van der Waals surface area (Å²) in [5, 5.41) is 0. The van der Waals surface area contributed by atoms with Gasteiger partial charge in [-0.1, -0.05) is 15.9 Å². The molecule has 0 aliphatic carbocycles. The normalized spacial score (nSPS) is 12.3. The van der Waals surface area contributed by atoms with E-state index in [4.69, 9.17) is 5.73 Å². The Morgan fingerprint density at radius 1 is 1.17 bits per heavy atom. The highest BCUT2D eigenvalue weighted by molar-refractivity contribution is 9.10. The van der Waals surface area contributed by atoms with Crippen LogP contribution in [0.5, 0.6) is 0 Å². The monoisotopic (exact) mass is 388 g/mol. The number of hydrogen-bond acceptors (Lipinski definition) is 3. The van der Waals surface area contributed by atoms with Gasteiger partial charge in [-0.3, -0.25) is 9.19 Å². The lowest BCUT2D eigenvalue weighted by molar-refractivity contribution is 0.682. The van der Waals surface area contributed by atoms with Crippen LogP contribution in [-0.4, -0.2) is 9.19 Å². The van der Waals surface area contributed by atoms with Crippen LogP contribution in [0.4, 0.5) is 5.69 Å². The largest absolute Gasteiger partial charge is 0.398 e. The average Bonchev–Trinajstić information content (AvgIpc) is 2.32. The Bertz CT molecular complexity index is 587. The fourth-order valence-electron chi connectivity index (χ4n) is 1.43. The van der Waals surface area contributed by atoms with Crippen molar-refractivity contribution < 1.29 is 4.21 Å². The van der Waals surface area contributed by atoms with Gasteiger partial charge in [0.15, 0.2) is 0 Å². The van der Waals surface area contributed by atoms with Crippen LogP contribution in [0.1, 0.15) is 5.69 Å². The first-order chi connectivity index (χ1) is 8.56. The quantitative estimate of drug-likeness (QED) is 0.817. The summed E-state index contributed by atoms with van der Waals surface area (Å²) in [5.74, 6) is 0.360. The molecule has 0 fully saturated rings. The Kier molecular flexibility index (Phi) is 4.53. The van der Waals surface area contributed by atoms with Gasteiger partial charge >= 0.3 is 0 Å². The van der Waals surface area contributed by atoms with Crippen LogP contribution < -0.4 is 5.73 Å². The number of hydrogen-bond donors (Lipinski definition) is 1. The maximum atomic E-state index is 12.2. The smallest absolute Gasteiger partial charge is 0.0706 e. The Morgan fingerprint density at radius 3 is 2.50 bits per heavy atom. The summed E-state index contributed by atoms with van der Waals surface area (Å²) in [5.41, 5.74) is 7.15. The van der Waals surface area contributed by atoms with Gasteiger partial charge in [0.05, 0.1) is 27.1 Å². The van der Waals surface area contributed by atoms with Crippen molar-refractivity contribution >= 4 is 48.3 Å². The van der Waals surface area contributed by atoms with E-state index < -0.39 is 10.8 Å². The molecule has 0 spiro atoms. The van der Waals surface area contributed by atoms with Crippen molar-refractivity contribution in [3.63, 3.8) is 0 Å². The molecule has 0 bridgehead atoms. The highest BCUT2D eigenvalue weighted by Crippen LogP contribution is 2.23. The predicted octanol–water partition coefficient (Wildman–Crippen LogP) is 3.50. The molecule has 0 radical (unpaired) electrons. The molecule has 6 heteroatoms. The highest BCUT2D eigenvalue weighted by Gasteiger charge is 2.10. The molecule has 1 aromatic heterocycles. The molecule has 1 atom stereocenters. The van der Waals surface area contributed by atoms with Gasteiger partial charge in [0.25, 0.3) is 0 Å². The van der Waals surface area contributed by atoms with E-state index in [0.29, 0.717) is 16.3 Å². The summed E-state index contributed by atoms with van der Waals surface area (Å²) >= 11 is 6.64. The van der Waals surface area contributed by atoms with Gasteiger partial charge in [0.1, 0.15) is 0 Å². The summed E-state index contributed by atoms with van der Waals surface area (Å²) in [4.78, 5) is 4.84. The van der Waals surface area contributed by atoms with E-state index in [2.05, 4.69) is 36.8 Å². The highest BCUT2D eigenvalue weighted by atomic mass is 79.9. The second-order valence-electron chi connectivity index (χ2n) is 3.64. The number of nitrogens with zero attached hydrogens (tertiary/aromatic N) is 1. The first-order valence-electron chi connectivity index (χ1n) is 5.10. The molecule has 1 aromatic carbocycles. The van der Waals surface area contributed by atoms with Gasteiger partial charge < -0.3 is 5.73 Å². The van der Waals surface area contributed by atoms with E-state index in [1.54, 1.807) is 18.3 Å². The number of halogens is 2. The number of pyridine rings is 1. The van der Waals surface area contributed by atoms with Gasteiger partial charge in [-0.25, -0.2) is 0 Å². The van der Waals surface area contributed by atoms with Crippen LogP contribution in [0.3, 0.4) is 0 Å². The fourth-order valence-corrected chi connectivity index (χ4v) is 3.18. The maximum absolute atomic E-state index is 12.2. The first kappa shape index (κ1) is 13.7. The SMILES string of the molecule is Nc1cc(Br)ccc1S(=O)Cc1ccc(Br)cn1. The van der Waals surface area contributed by atoms with Crippen LogP contribution in [-0.2, 0) is 16.6 Å². The second kappa shape index (κ2) is 5.95. The lowest BCUT2D eigenvalue weighted by atomic mass is 10.3. The molecular weight excluding hydrogens is 380 g/mol. The van der Waals surface area contributed by atoms with E-state index in [-0.39, 0.29) is 0 Å². The molecule has 3 nitrogen and oxygen atoms in total. The third kappa shape index (κ3) is 3.40. The number of nitrogen functional groups attached to an aromatic ring is 1. The minimum absolute atomic E-state index is 0.360. The Morgan fingerprint density at radius 2 is 1.89 bits per heavy atom. The van der Waals surface area contributed by atoms with Crippen molar-refractivity contribution in [2.24, 2.45) is 0 Å². The molecule has 2 aromatic rings. The minimum atomic E-state index is -1.18. The molecule has 0 saturated carbocycles. The molecule has 1 unspecified atom stereocenters. The van der Waals surface area contributed by atoms with Crippen LogP contribution in [0.15, 0.2) is 50.4 Å². The number of benzene rings is 1. The van der Waals surface area contributed by atoms with Crippen molar-refractivity contribution in [1.29, 1.82) is 0 Å². The molecule has 2 N–H and O–H groups in total. The van der Waals surface area contributed by atoms with Crippen molar-refractivity contribution in [2.75, 3.05) is 5.73 Å². The summed E-state index contributed by atoms with van der Waals surface area (Å²) in [6.07, 6.45) is 1.69. The molecular formula is C12H10Br2N2OS. The lowest BCUT2D eigenvalue weighted by Gasteiger charge is -2.06. The van der Waals surface area contributed by atoms with Crippen molar-refractivity contribution in [2.45, 2.75) is 10.6 Å². The summed E-state index contributed by atoms with van der Waals surface area (Å²) in [6, 6.07) is 9.08. The lowest BCUT2D eigenvalue weighted by Crippen LogP contribution is -2.02. The standard InChI is InChI=1S/C12H10Br2N2OS/c13-8-2-4-12(11(15)5-8)18(17)7-10-3-1-9(14)6-16-10/h1-6H,7,15H2. The van der Waals surface area contributed by atoms with E-state index in [1.165, 1.54) is 0 Å². The minimum Gasteiger partial charge on any atom is -0.398 e. The summed E-state index contributed by atoms with van der Waals surface area (Å²) in [7, 11) is -1.18. The van der Waals surface area contributed by atoms with Gasteiger partial charge in [-0.05, 0) is 46.3 Å². The van der Waals surface area contributed by atoms with E-state index in [1.807, 2.05) is 18.2 Å². The van der Waals surface area contributed by atoms with Crippen LogP contribution >= 0.6 is 31.9 Å². The molecule has 0 aliphatic rings. The summed E-state index contributed by atoms with van der Waals surface area (Å²) in [6.45, 7) is 0. The zero-order valence-corrected chi connectivity index (χ0v) is 13.3. The van der Waals surface area contributed by atoms with E-state index in [0.717, 1.165) is 14.6 Å². The second-order valence-corrected chi connectivity index (χ2v) is 6.89. The fraction of sp³-hybridized carbons (Fsp3) is 0.0833. The maximum Gasteiger partial charge on any atom is 0.0706 e. The molecule has 0 amide bonds. The zero-order chi connectivity index (χ0) is 13.1. The number of anilines is 1. The van der Waals surface area contributed by atoms with Gasteiger partial charge in [0.2, 0.25) is 0 Å². The third-order valence-electron chi connectivity index (χ3n) is 2.28. The molecule has 2 rings (SSSR count). The molecule has 0 aliphatic heterocycles. The van der Waals surface area contributed by atoms with Crippen molar-refractivity contribution in [3.05, 3.63) is 51.2 Å². The zero-order valence-electron chi connectivity index (χ0n) is 9.27. The molecule has 18 heavy (non-hydrogen) atoms. The Labute approximate surface area is 125 Å². The van der Waals surface area contributed by atoms with E-state index >= 15 is 0 Å². The number of rotatable bonds is 3. The molecule has 1 heterocycles. The van der Waals surface area contributed by atoms with Gasteiger partial charge in [-0.15, -0.1) is 0 Å². The Hall–Kier alpha value is -0.720. The first-order valence-corrected chi connectivity index (χ1v) is 8.00. The van der Waals surface area contributed by atoms with Gasteiger partial charge in [-0.2, -0.15) is 0 Å². The van der Waals surface area contributed by atoms with Crippen LogP contribution in [0.2, 0.25) is 0 Å². The number of nitrogens with two attached hydrogens (primary N) is 1. The van der Waals surface area contributed by atoms with Crippen molar-refractivity contribution in [3.8, 4) is 0 Å². The average molecular weight is 390 g/mol. The Balaban J connectivity index is 2.19. The van der Waals surface area contributed by atoms with Crippen LogP contribution in [0, 0.1) is 0 Å². The topological polar surface area (TPSA) is 56.0 Å². The van der Waals surface area contributed by atoms with E-state index in [9.17, 15) is 4.21 Å². The third-order valence-corrected chi connectivity index (χ3v) is 4.67. The summed E-state index contributed by atoms with van der Waals surface area (Å²) < 4.78 is 14.0. The molecule has 94 valence electrons. The van der Waals surface area contributed by atoms with Crippen molar-refractivity contribution in [1.82, 2.24) is 4.98 Å². The predicted molar refractivity (Wildman–Crippen MR) is 80.6 cm³/mol. The van der Waals surface area contributed by atoms with Gasteiger partial charge in [0, 0.05) is 20.8 Å².